The van der Waals surface area contributed by atoms with Crippen molar-refractivity contribution in [3.8, 4) is 0 Å². The summed E-state index contributed by atoms with van der Waals surface area (Å²) >= 11 is 1.78. The number of esters is 1. The maximum atomic E-state index is 12.3. The third kappa shape index (κ3) is 2.78. The van der Waals surface area contributed by atoms with Gasteiger partial charge in [-0.05, 0) is 18.1 Å². The summed E-state index contributed by atoms with van der Waals surface area (Å²) < 4.78 is 10.1. The Morgan fingerprint density at radius 2 is 2.21 bits per heavy atom. The number of carbonyl (C=O) groups excluding carboxylic acids is 1. The van der Waals surface area contributed by atoms with E-state index in [2.05, 4.69) is 11.4 Å². The molecule has 104 valence electrons. The van der Waals surface area contributed by atoms with E-state index in [9.17, 15) is 4.79 Å². The van der Waals surface area contributed by atoms with Crippen molar-refractivity contribution in [2.45, 2.75) is 16.9 Å². The summed E-state index contributed by atoms with van der Waals surface area (Å²) in [5.74, 6) is 0.669. The van der Waals surface area contributed by atoms with E-state index in [0.717, 1.165) is 22.6 Å². The highest BCUT2D eigenvalue weighted by Gasteiger charge is 2.44. The standard InChI is InChI=1S/C14H19NO3S/c1-17-9-8-15-14(13(16)18-2)7-10-19-12-6-4-3-5-11(12)14/h3-6,15H,7-10H2,1-2H3. The highest BCUT2D eigenvalue weighted by atomic mass is 32.2. The number of nitrogens with one attached hydrogen (secondary N) is 1. The fraction of sp³-hybridized carbons (Fsp3) is 0.500. The lowest BCUT2D eigenvalue weighted by atomic mass is 9.86. The Balaban J connectivity index is 2.36. The first kappa shape index (κ1) is 14.4. The third-order valence-electron chi connectivity index (χ3n) is 3.35. The van der Waals surface area contributed by atoms with Crippen LogP contribution in [0.3, 0.4) is 0 Å². The molecule has 0 aliphatic carbocycles. The van der Waals surface area contributed by atoms with E-state index in [1.54, 1.807) is 18.9 Å². The lowest BCUT2D eigenvalue weighted by molar-refractivity contribution is -0.149. The molecule has 0 fully saturated rings. The van der Waals surface area contributed by atoms with E-state index >= 15 is 0 Å². The van der Waals surface area contributed by atoms with Crippen LogP contribution >= 0.6 is 11.8 Å². The van der Waals surface area contributed by atoms with Crippen molar-refractivity contribution in [2.24, 2.45) is 0 Å². The molecule has 0 bridgehead atoms. The van der Waals surface area contributed by atoms with Gasteiger partial charge in [-0.3, -0.25) is 5.32 Å². The summed E-state index contributed by atoms with van der Waals surface area (Å²) in [4.78, 5) is 13.5. The van der Waals surface area contributed by atoms with Crippen LogP contribution in [0, 0.1) is 0 Å². The molecule has 0 saturated heterocycles. The number of carbonyl (C=O) groups is 1. The van der Waals surface area contributed by atoms with Crippen molar-refractivity contribution < 1.29 is 14.3 Å². The Morgan fingerprint density at radius 1 is 1.42 bits per heavy atom. The van der Waals surface area contributed by atoms with Crippen molar-refractivity contribution in [3.05, 3.63) is 29.8 Å². The van der Waals surface area contributed by atoms with Gasteiger partial charge in [0, 0.05) is 24.3 Å². The molecule has 1 unspecified atom stereocenters. The summed E-state index contributed by atoms with van der Waals surface area (Å²) in [7, 11) is 3.09. The van der Waals surface area contributed by atoms with E-state index in [1.165, 1.54) is 7.11 Å². The largest absolute Gasteiger partial charge is 0.467 e. The van der Waals surface area contributed by atoms with Crippen LogP contribution in [-0.4, -0.2) is 39.1 Å². The first-order valence-corrected chi connectivity index (χ1v) is 7.28. The predicted octanol–water partition coefficient (Wildman–Crippen LogP) is 1.79. The van der Waals surface area contributed by atoms with Gasteiger partial charge in [-0.1, -0.05) is 18.2 Å². The molecular weight excluding hydrogens is 262 g/mol. The van der Waals surface area contributed by atoms with Gasteiger partial charge in [0.05, 0.1) is 13.7 Å². The Morgan fingerprint density at radius 3 is 2.95 bits per heavy atom. The predicted molar refractivity (Wildman–Crippen MR) is 75.4 cm³/mol. The number of fused-ring (bicyclic) bond motifs is 1. The maximum Gasteiger partial charge on any atom is 0.330 e. The number of ether oxygens (including phenoxy) is 2. The van der Waals surface area contributed by atoms with Gasteiger partial charge in [-0.15, -0.1) is 11.8 Å². The molecule has 5 heteroatoms. The first-order valence-electron chi connectivity index (χ1n) is 6.29. The lowest BCUT2D eigenvalue weighted by Gasteiger charge is -2.37. The monoisotopic (exact) mass is 281 g/mol. The average Bonchev–Trinajstić information content (AvgIpc) is 2.47. The van der Waals surface area contributed by atoms with Crippen LogP contribution in [0.5, 0.6) is 0 Å². The Bertz CT molecular complexity index is 452. The van der Waals surface area contributed by atoms with Gasteiger partial charge in [0.2, 0.25) is 0 Å². The SMILES string of the molecule is COCCNC1(C(=O)OC)CCSc2ccccc21. The fourth-order valence-corrected chi connectivity index (χ4v) is 3.60. The van der Waals surface area contributed by atoms with E-state index in [1.807, 2.05) is 18.2 Å². The van der Waals surface area contributed by atoms with E-state index in [4.69, 9.17) is 9.47 Å². The summed E-state index contributed by atoms with van der Waals surface area (Å²) in [5, 5.41) is 3.33. The van der Waals surface area contributed by atoms with Crippen molar-refractivity contribution in [3.63, 3.8) is 0 Å². The molecule has 0 saturated carbocycles. The Kier molecular flexibility index (Phi) is 4.85. The van der Waals surface area contributed by atoms with Crippen LogP contribution in [0.2, 0.25) is 0 Å². The molecule has 19 heavy (non-hydrogen) atoms. The van der Waals surface area contributed by atoms with Crippen molar-refractivity contribution in [1.29, 1.82) is 0 Å². The first-order chi connectivity index (χ1) is 9.24. The number of rotatable bonds is 5. The van der Waals surface area contributed by atoms with Gasteiger partial charge in [-0.25, -0.2) is 4.79 Å². The molecule has 1 aromatic carbocycles. The van der Waals surface area contributed by atoms with Gasteiger partial charge in [0.1, 0.15) is 5.54 Å². The second-order valence-electron chi connectivity index (χ2n) is 4.41. The van der Waals surface area contributed by atoms with E-state index in [-0.39, 0.29) is 5.97 Å². The molecule has 1 heterocycles. The summed E-state index contributed by atoms with van der Waals surface area (Å²) in [6.45, 7) is 1.18. The van der Waals surface area contributed by atoms with Crippen LogP contribution in [-0.2, 0) is 19.8 Å². The molecule has 1 aliphatic heterocycles. The maximum absolute atomic E-state index is 12.3. The van der Waals surface area contributed by atoms with Crippen LogP contribution in [0.4, 0.5) is 0 Å². The average molecular weight is 281 g/mol. The molecule has 1 aliphatic rings. The number of benzene rings is 1. The molecule has 1 N–H and O–H groups in total. The molecule has 2 rings (SSSR count). The minimum absolute atomic E-state index is 0.226. The van der Waals surface area contributed by atoms with Crippen LogP contribution in [0.15, 0.2) is 29.2 Å². The van der Waals surface area contributed by atoms with Crippen molar-refractivity contribution >= 4 is 17.7 Å². The normalized spacial score (nSPS) is 21.8. The van der Waals surface area contributed by atoms with Gasteiger partial charge in [0.25, 0.3) is 0 Å². The van der Waals surface area contributed by atoms with Gasteiger partial charge in [-0.2, -0.15) is 0 Å². The van der Waals surface area contributed by atoms with Crippen molar-refractivity contribution in [1.82, 2.24) is 5.32 Å². The number of methoxy groups -OCH3 is 2. The summed E-state index contributed by atoms with van der Waals surface area (Å²) in [6, 6.07) is 8.00. The molecule has 4 nitrogen and oxygen atoms in total. The zero-order valence-electron chi connectivity index (χ0n) is 11.3. The van der Waals surface area contributed by atoms with Gasteiger partial charge in [0.15, 0.2) is 0 Å². The smallest absolute Gasteiger partial charge is 0.330 e. The molecular formula is C14H19NO3S. The molecule has 0 aromatic heterocycles. The molecule has 1 atom stereocenters. The third-order valence-corrected chi connectivity index (χ3v) is 4.42. The zero-order chi connectivity index (χ0) is 13.7. The second-order valence-corrected chi connectivity index (χ2v) is 5.55. The van der Waals surface area contributed by atoms with E-state index in [0.29, 0.717) is 13.2 Å². The van der Waals surface area contributed by atoms with Crippen molar-refractivity contribution in [2.75, 3.05) is 33.1 Å². The number of hydrogen-bond donors (Lipinski definition) is 1. The highest BCUT2D eigenvalue weighted by Crippen LogP contribution is 2.40. The second kappa shape index (κ2) is 6.41. The topological polar surface area (TPSA) is 47.6 Å². The van der Waals surface area contributed by atoms with Crippen LogP contribution < -0.4 is 5.32 Å². The molecule has 0 spiro atoms. The number of thioether (sulfide) groups is 1. The molecule has 0 amide bonds. The zero-order valence-corrected chi connectivity index (χ0v) is 12.1. The summed E-state index contributed by atoms with van der Waals surface area (Å²) in [6.07, 6.45) is 0.727. The fourth-order valence-electron chi connectivity index (χ4n) is 2.40. The highest BCUT2D eigenvalue weighted by molar-refractivity contribution is 7.99. The number of hydrogen-bond acceptors (Lipinski definition) is 5. The Hall–Kier alpha value is -1.04. The van der Waals surface area contributed by atoms with Crippen LogP contribution in [0.1, 0.15) is 12.0 Å². The quantitative estimate of drug-likeness (QED) is 0.658. The van der Waals surface area contributed by atoms with Crippen LogP contribution in [0.25, 0.3) is 0 Å². The lowest BCUT2D eigenvalue weighted by Crippen LogP contribution is -2.52. The van der Waals surface area contributed by atoms with E-state index < -0.39 is 5.54 Å². The minimum Gasteiger partial charge on any atom is -0.467 e. The molecule has 1 aromatic rings. The Labute approximate surface area is 117 Å². The summed E-state index contributed by atoms with van der Waals surface area (Å²) in [5.41, 5.74) is 0.268. The van der Waals surface area contributed by atoms with Gasteiger partial charge < -0.3 is 9.47 Å². The minimum atomic E-state index is -0.741. The molecule has 0 radical (unpaired) electrons. The van der Waals surface area contributed by atoms with Gasteiger partial charge >= 0.3 is 5.97 Å².